The molecule has 1 aromatic carbocycles. The van der Waals surface area contributed by atoms with Crippen molar-refractivity contribution in [2.24, 2.45) is 5.92 Å². The molecular formula is C17H21NO2. The summed E-state index contributed by atoms with van der Waals surface area (Å²) in [6, 6.07) is 9.18. The van der Waals surface area contributed by atoms with E-state index in [9.17, 15) is 4.79 Å². The Morgan fingerprint density at radius 1 is 1.40 bits per heavy atom. The molecule has 3 rings (SSSR count). The Morgan fingerprint density at radius 3 is 3.00 bits per heavy atom. The fourth-order valence-corrected chi connectivity index (χ4v) is 3.43. The van der Waals surface area contributed by atoms with Gasteiger partial charge in [-0.25, -0.2) is 0 Å². The van der Waals surface area contributed by atoms with E-state index < -0.39 is 0 Å². The van der Waals surface area contributed by atoms with Crippen molar-refractivity contribution in [1.29, 1.82) is 0 Å². The SMILES string of the molecule is CC(=O)OC[C@H]1C=C2c3ccccc3CC[C@H]2N(C)C1. The monoisotopic (exact) mass is 271 g/mol. The first kappa shape index (κ1) is 13.4. The third-order valence-corrected chi connectivity index (χ3v) is 4.34. The number of fused-ring (bicyclic) bond motifs is 3. The zero-order valence-corrected chi connectivity index (χ0v) is 12.1. The third-order valence-electron chi connectivity index (χ3n) is 4.34. The lowest BCUT2D eigenvalue weighted by molar-refractivity contribution is -0.142. The van der Waals surface area contributed by atoms with E-state index in [1.807, 2.05) is 0 Å². The summed E-state index contributed by atoms with van der Waals surface area (Å²) in [5, 5.41) is 0. The van der Waals surface area contributed by atoms with Crippen molar-refractivity contribution in [2.75, 3.05) is 20.2 Å². The van der Waals surface area contributed by atoms with Crippen LogP contribution in [0.15, 0.2) is 30.3 Å². The van der Waals surface area contributed by atoms with Crippen LogP contribution < -0.4 is 0 Å². The molecule has 0 N–H and O–H groups in total. The number of hydrogen-bond donors (Lipinski definition) is 0. The molecule has 0 aromatic heterocycles. The van der Waals surface area contributed by atoms with Gasteiger partial charge in [-0.2, -0.15) is 0 Å². The van der Waals surface area contributed by atoms with Gasteiger partial charge < -0.3 is 4.74 Å². The van der Waals surface area contributed by atoms with E-state index >= 15 is 0 Å². The van der Waals surface area contributed by atoms with Gasteiger partial charge in [0.25, 0.3) is 0 Å². The maximum atomic E-state index is 11.0. The van der Waals surface area contributed by atoms with Crippen molar-refractivity contribution in [3.05, 3.63) is 41.5 Å². The van der Waals surface area contributed by atoms with Crippen molar-refractivity contribution in [3.8, 4) is 0 Å². The van der Waals surface area contributed by atoms with E-state index in [4.69, 9.17) is 4.74 Å². The topological polar surface area (TPSA) is 29.5 Å². The second-order valence-electron chi connectivity index (χ2n) is 5.84. The average molecular weight is 271 g/mol. The van der Waals surface area contributed by atoms with Crippen LogP contribution >= 0.6 is 0 Å². The normalized spacial score (nSPS) is 25.4. The van der Waals surface area contributed by atoms with E-state index in [0.29, 0.717) is 18.6 Å². The summed E-state index contributed by atoms with van der Waals surface area (Å²) >= 11 is 0. The van der Waals surface area contributed by atoms with Gasteiger partial charge in [-0.3, -0.25) is 9.69 Å². The first-order valence-electron chi connectivity index (χ1n) is 7.28. The highest BCUT2D eigenvalue weighted by Gasteiger charge is 2.32. The molecule has 0 saturated heterocycles. The van der Waals surface area contributed by atoms with Gasteiger partial charge in [0.1, 0.15) is 0 Å². The van der Waals surface area contributed by atoms with Crippen LogP contribution in [0, 0.1) is 5.92 Å². The molecule has 0 unspecified atom stereocenters. The van der Waals surface area contributed by atoms with Crippen LogP contribution in [-0.2, 0) is 16.0 Å². The number of hydrogen-bond acceptors (Lipinski definition) is 3. The van der Waals surface area contributed by atoms with Gasteiger partial charge in [0.05, 0.1) is 6.61 Å². The fourth-order valence-electron chi connectivity index (χ4n) is 3.43. The van der Waals surface area contributed by atoms with Crippen LogP contribution in [0.5, 0.6) is 0 Å². The summed E-state index contributed by atoms with van der Waals surface area (Å²) < 4.78 is 5.19. The first-order valence-corrected chi connectivity index (χ1v) is 7.28. The molecule has 1 aliphatic heterocycles. The maximum Gasteiger partial charge on any atom is 0.302 e. The molecule has 3 nitrogen and oxygen atoms in total. The quantitative estimate of drug-likeness (QED) is 0.774. The van der Waals surface area contributed by atoms with Gasteiger partial charge >= 0.3 is 5.97 Å². The highest BCUT2D eigenvalue weighted by molar-refractivity contribution is 5.74. The molecule has 0 radical (unpaired) electrons. The number of benzene rings is 1. The molecule has 3 heteroatoms. The Labute approximate surface area is 120 Å². The van der Waals surface area contributed by atoms with Gasteiger partial charge in [0, 0.05) is 25.4 Å². The van der Waals surface area contributed by atoms with E-state index in [2.05, 4.69) is 42.3 Å². The highest BCUT2D eigenvalue weighted by atomic mass is 16.5. The number of ether oxygens (including phenoxy) is 1. The van der Waals surface area contributed by atoms with Crippen LogP contribution in [-0.4, -0.2) is 37.1 Å². The van der Waals surface area contributed by atoms with Crippen LogP contribution in [0.1, 0.15) is 24.5 Å². The minimum atomic E-state index is -0.197. The predicted octanol–water partition coefficient (Wildman–Crippen LogP) is 2.51. The summed E-state index contributed by atoms with van der Waals surface area (Å²) in [5.41, 5.74) is 4.23. The number of nitrogens with zero attached hydrogens (tertiary/aromatic N) is 1. The largest absolute Gasteiger partial charge is 0.465 e. The van der Waals surface area contributed by atoms with E-state index in [1.54, 1.807) is 0 Å². The van der Waals surface area contributed by atoms with Gasteiger partial charge in [0.2, 0.25) is 0 Å². The predicted molar refractivity (Wildman–Crippen MR) is 79.3 cm³/mol. The molecule has 106 valence electrons. The zero-order valence-electron chi connectivity index (χ0n) is 12.1. The number of carbonyl (C=O) groups excluding carboxylic acids is 1. The summed E-state index contributed by atoms with van der Waals surface area (Å²) in [6.45, 7) is 2.92. The molecule has 0 amide bonds. The van der Waals surface area contributed by atoms with Gasteiger partial charge in [-0.1, -0.05) is 30.3 Å². The molecule has 1 aromatic rings. The van der Waals surface area contributed by atoms with Crippen molar-refractivity contribution in [3.63, 3.8) is 0 Å². The van der Waals surface area contributed by atoms with Gasteiger partial charge in [-0.05, 0) is 36.6 Å². The number of aryl methyl sites for hydroxylation is 1. The average Bonchev–Trinajstić information content (AvgIpc) is 2.45. The van der Waals surface area contributed by atoms with Gasteiger partial charge in [0.15, 0.2) is 0 Å². The lowest BCUT2D eigenvalue weighted by atomic mass is 9.79. The van der Waals surface area contributed by atoms with Crippen molar-refractivity contribution < 1.29 is 9.53 Å². The second kappa shape index (κ2) is 5.41. The van der Waals surface area contributed by atoms with Crippen molar-refractivity contribution in [1.82, 2.24) is 4.90 Å². The molecule has 0 bridgehead atoms. The molecule has 2 aliphatic rings. The van der Waals surface area contributed by atoms with E-state index in [0.717, 1.165) is 13.0 Å². The molecule has 1 aliphatic carbocycles. The lowest BCUT2D eigenvalue weighted by Crippen LogP contribution is -2.43. The maximum absolute atomic E-state index is 11.0. The molecule has 0 fully saturated rings. The zero-order chi connectivity index (χ0) is 14.1. The Morgan fingerprint density at radius 2 is 2.20 bits per heavy atom. The number of carbonyl (C=O) groups is 1. The summed E-state index contributed by atoms with van der Waals surface area (Å²) in [7, 11) is 2.17. The Kier molecular flexibility index (Phi) is 3.62. The third kappa shape index (κ3) is 2.50. The molecule has 20 heavy (non-hydrogen) atoms. The smallest absolute Gasteiger partial charge is 0.302 e. The second-order valence-corrected chi connectivity index (χ2v) is 5.84. The fraction of sp³-hybridized carbons (Fsp3) is 0.471. The number of esters is 1. The molecule has 0 spiro atoms. The molecule has 1 heterocycles. The van der Waals surface area contributed by atoms with Crippen LogP contribution in [0.3, 0.4) is 0 Å². The number of rotatable bonds is 2. The van der Waals surface area contributed by atoms with Crippen molar-refractivity contribution >= 4 is 11.5 Å². The standard InChI is InChI=1S/C17H21NO2/c1-12(19)20-11-13-9-16-15-6-4-3-5-14(15)7-8-17(16)18(2)10-13/h3-6,9,13,17H,7-8,10-11H2,1-2H3/t13-,17+/m0/s1. The molecular weight excluding hydrogens is 250 g/mol. The summed E-state index contributed by atoms with van der Waals surface area (Å²) in [6.07, 6.45) is 4.66. The van der Waals surface area contributed by atoms with E-state index in [1.165, 1.54) is 30.0 Å². The summed E-state index contributed by atoms with van der Waals surface area (Å²) in [4.78, 5) is 13.4. The first-order chi connectivity index (χ1) is 9.65. The minimum Gasteiger partial charge on any atom is -0.465 e. The Balaban J connectivity index is 1.90. The minimum absolute atomic E-state index is 0.197. The Bertz CT molecular complexity index is 550. The summed E-state index contributed by atoms with van der Waals surface area (Å²) in [5.74, 6) is 0.0959. The van der Waals surface area contributed by atoms with Gasteiger partial charge in [-0.15, -0.1) is 0 Å². The molecule has 2 atom stereocenters. The lowest BCUT2D eigenvalue weighted by Gasteiger charge is -2.40. The van der Waals surface area contributed by atoms with Crippen LogP contribution in [0.2, 0.25) is 0 Å². The highest BCUT2D eigenvalue weighted by Crippen LogP contribution is 2.37. The molecule has 0 saturated carbocycles. The Hall–Kier alpha value is -1.61. The van der Waals surface area contributed by atoms with Crippen LogP contribution in [0.25, 0.3) is 5.57 Å². The van der Waals surface area contributed by atoms with Crippen LogP contribution in [0.4, 0.5) is 0 Å². The number of likely N-dealkylation sites (N-methyl/N-ethyl adjacent to an activating group) is 1. The van der Waals surface area contributed by atoms with E-state index in [-0.39, 0.29) is 5.97 Å². The van der Waals surface area contributed by atoms with Crippen molar-refractivity contribution in [2.45, 2.75) is 25.8 Å².